The van der Waals surface area contributed by atoms with Gasteiger partial charge in [0.2, 0.25) is 0 Å². The second-order valence-corrected chi connectivity index (χ2v) is 12.8. The first-order chi connectivity index (χ1) is 23.6. The van der Waals surface area contributed by atoms with Crippen molar-refractivity contribution in [3.63, 3.8) is 0 Å². The highest BCUT2D eigenvalue weighted by molar-refractivity contribution is 5.93. The van der Waals surface area contributed by atoms with Crippen molar-refractivity contribution in [2.45, 2.75) is 129 Å². The first-order valence-electron chi connectivity index (χ1n) is 18.1. The molecule has 0 spiro atoms. The second-order valence-electron chi connectivity index (χ2n) is 12.8. The van der Waals surface area contributed by atoms with Crippen LogP contribution in [0.25, 0.3) is 11.1 Å². The second kappa shape index (κ2) is 21.3. The van der Waals surface area contributed by atoms with Crippen LogP contribution in [0.2, 0.25) is 0 Å². The molecule has 0 aliphatic heterocycles. The highest BCUT2D eigenvalue weighted by atomic mass is 19.4. The first kappa shape index (κ1) is 39.6. The van der Waals surface area contributed by atoms with E-state index in [-0.39, 0.29) is 17.7 Å². The number of hydrogen-bond donors (Lipinski definition) is 0. The number of benzene rings is 3. The summed E-state index contributed by atoms with van der Waals surface area (Å²) >= 11 is 0. The number of halogens is 3. The van der Waals surface area contributed by atoms with Gasteiger partial charge in [0.15, 0.2) is 6.10 Å². The van der Waals surface area contributed by atoms with Crippen LogP contribution in [0.3, 0.4) is 0 Å². The molecule has 0 aromatic heterocycles. The summed E-state index contributed by atoms with van der Waals surface area (Å²) in [7, 11) is 0. The standard InChI is InChI=1S/C41H53F3O5/c1-4-6-8-10-11-12-13-14-15-17-29-47-36-26-23-33(24-27-36)32-19-21-34(22-20-32)39(45)48-37-28-25-35(30-31(37)3)40(46)49-38(41(42,43)44)18-16-9-7-5-2/h19-28,30,38H,4-18,29H2,1-3H3/t38-/m1/s1. The van der Waals surface area contributed by atoms with Crippen LogP contribution >= 0.6 is 0 Å². The monoisotopic (exact) mass is 682 g/mol. The molecule has 3 aromatic carbocycles. The van der Waals surface area contributed by atoms with Crippen LogP contribution in [-0.2, 0) is 4.74 Å². The van der Waals surface area contributed by atoms with Crippen LogP contribution in [0.4, 0.5) is 13.2 Å². The minimum Gasteiger partial charge on any atom is -0.494 e. The molecule has 0 saturated carbocycles. The fourth-order valence-corrected chi connectivity index (χ4v) is 5.61. The number of aryl methyl sites for hydroxylation is 1. The minimum atomic E-state index is -4.65. The molecule has 5 nitrogen and oxygen atoms in total. The van der Waals surface area contributed by atoms with Gasteiger partial charge in [-0.1, -0.05) is 115 Å². The van der Waals surface area contributed by atoms with Gasteiger partial charge in [0.1, 0.15) is 11.5 Å². The Bertz CT molecular complexity index is 1400. The molecule has 0 amide bonds. The molecule has 0 aliphatic carbocycles. The van der Waals surface area contributed by atoms with Crippen LogP contribution in [0, 0.1) is 6.92 Å². The van der Waals surface area contributed by atoms with Crippen molar-refractivity contribution in [2.75, 3.05) is 6.61 Å². The third kappa shape index (κ3) is 14.3. The van der Waals surface area contributed by atoms with Gasteiger partial charge >= 0.3 is 18.1 Å². The predicted octanol–water partition coefficient (Wildman–Crippen LogP) is 12.2. The van der Waals surface area contributed by atoms with E-state index in [1.807, 2.05) is 43.3 Å². The fourth-order valence-electron chi connectivity index (χ4n) is 5.61. The molecule has 49 heavy (non-hydrogen) atoms. The lowest BCUT2D eigenvalue weighted by atomic mass is 10.0. The van der Waals surface area contributed by atoms with Crippen LogP contribution in [0.5, 0.6) is 11.5 Å². The molecule has 8 heteroatoms. The van der Waals surface area contributed by atoms with Gasteiger partial charge in [-0.05, 0) is 85.3 Å². The van der Waals surface area contributed by atoms with E-state index < -0.39 is 24.2 Å². The highest BCUT2D eigenvalue weighted by Gasteiger charge is 2.42. The molecule has 268 valence electrons. The van der Waals surface area contributed by atoms with Gasteiger partial charge in [-0.25, -0.2) is 9.59 Å². The average Bonchev–Trinajstić information content (AvgIpc) is 3.09. The Kier molecular flexibility index (Phi) is 17.2. The summed E-state index contributed by atoms with van der Waals surface area (Å²) in [6, 6.07) is 18.9. The maximum Gasteiger partial charge on any atom is 0.425 e. The zero-order chi connectivity index (χ0) is 35.5. The van der Waals surface area contributed by atoms with E-state index in [1.54, 1.807) is 19.1 Å². The SMILES string of the molecule is CCCCCCCCCCCCOc1ccc(-c2ccc(C(=O)Oc3ccc(C(=O)O[C@H](CCCCCC)C(F)(F)F)cc3C)cc2)cc1. The summed E-state index contributed by atoms with van der Waals surface area (Å²) in [6.07, 6.45) is 8.46. The maximum absolute atomic E-state index is 13.5. The van der Waals surface area contributed by atoms with Gasteiger partial charge in [-0.2, -0.15) is 13.2 Å². The molecule has 0 heterocycles. The van der Waals surface area contributed by atoms with Gasteiger partial charge in [-0.15, -0.1) is 0 Å². The van der Waals surface area contributed by atoms with E-state index in [4.69, 9.17) is 14.2 Å². The van der Waals surface area contributed by atoms with Crippen LogP contribution in [-0.4, -0.2) is 30.8 Å². The summed E-state index contributed by atoms with van der Waals surface area (Å²) < 4.78 is 56.7. The van der Waals surface area contributed by atoms with Crippen molar-refractivity contribution >= 4 is 11.9 Å². The summed E-state index contributed by atoms with van der Waals surface area (Å²) in [5.41, 5.74) is 2.62. The molecular weight excluding hydrogens is 629 g/mol. The third-order valence-corrected chi connectivity index (χ3v) is 8.62. The van der Waals surface area contributed by atoms with Gasteiger partial charge in [-0.3, -0.25) is 0 Å². The molecule has 3 aromatic rings. The van der Waals surface area contributed by atoms with Crippen LogP contribution in [0.15, 0.2) is 66.7 Å². The van der Waals surface area contributed by atoms with Gasteiger partial charge < -0.3 is 14.2 Å². The third-order valence-electron chi connectivity index (χ3n) is 8.62. The van der Waals surface area contributed by atoms with Crippen molar-refractivity contribution in [1.29, 1.82) is 0 Å². The Morgan fingerprint density at radius 1 is 0.633 bits per heavy atom. The normalized spacial score (nSPS) is 12.0. The van der Waals surface area contributed by atoms with E-state index in [0.717, 1.165) is 36.1 Å². The Hall–Kier alpha value is -3.81. The van der Waals surface area contributed by atoms with Crippen molar-refractivity contribution in [3.8, 4) is 22.6 Å². The molecule has 0 saturated heterocycles. The summed E-state index contributed by atoms with van der Waals surface area (Å²) in [6.45, 7) is 6.53. The fraction of sp³-hybridized carbons (Fsp3) is 0.512. The van der Waals surface area contributed by atoms with E-state index in [1.165, 1.54) is 76.0 Å². The number of ether oxygens (including phenoxy) is 3. The van der Waals surface area contributed by atoms with Crippen LogP contribution < -0.4 is 9.47 Å². The molecule has 0 aliphatic rings. The number of unbranched alkanes of at least 4 members (excludes halogenated alkanes) is 12. The summed E-state index contributed by atoms with van der Waals surface area (Å²) in [5, 5.41) is 0. The largest absolute Gasteiger partial charge is 0.494 e. The molecule has 3 rings (SSSR count). The molecule has 0 N–H and O–H groups in total. The van der Waals surface area contributed by atoms with E-state index >= 15 is 0 Å². The predicted molar refractivity (Wildman–Crippen MR) is 189 cm³/mol. The minimum absolute atomic E-state index is 0.0420. The Morgan fingerprint density at radius 3 is 1.69 bits per heavy atom. The Balaban J connectivity index is 1.45. The first-order valence-corrected chi connectivity index (χ1v) is 18.1. The zero-order valence-electron chi connectivity index (χ0n) is 29.4. The lowest BCUT2D eigenvalue weighted by Gasteiger charge is -2.21. The Morgan fingerprint density at radius 2 is 1.14 bits per heavy atom. The quantitative estimate of drug-likeness (QED) is 0.0600. The van der Waals surface area contributed by atoms with E-state index in [9.17, 15) is 22.8 Å². The average molecular weight is 683 g/mol. The lowest BCUT2D eigenvalue weighted by molar-refractivity contribution is -0.206. The van der Waals surface area contributed by atoms with Gasteiger partial charge in [0.05, 0.1) is 17.7 Å². The molecule has 0 fully saturated rings. The topological polar surface area (TPSA) is 61.8 Å². The lowest BCUT2D eigenvalue weighted by Crippen LogP contribution is -2.33. The maximum atomic E-state index is 13.5. The van der Waals surface area contributed by atoms with Crippen molar-refractivity contribution in [1.82, 2.24) is 0 Å². The molecule has 0 unspecified atom stereocenters. The summed E-state index contributed by atoms with van der Waals surface area (Å²) in [5.74, 6) is -0.629. The highest BCUT2D eigenvalue weighted by Crippen LogP contribution is 2.29. The van der Waals surface area contributed by atoms with Crippen molar-refractivity contribution in [2.24, 2.45) is 0 Å². The molecule has 1 atom stereocenters. The number of rotatable bonds is 22. The smallest absolute Gasteiger partial charge is 0.425 e. The Labute approximate surface area is 290 Å². The molecular formula is C41H53F3O5. The van der Waals surface area contributed by atoms with Gasteiger partial charge in [0, 0.05) is 0 Å². The van der Waals surface area contributed by atoms with E-state index in [0.29, 0.717) is 30.6 Å². The number of carbonyl (C=O) groups excluding carboxylic acids is 2. The molecule has 0 radical (unpaired) electrons. The number of hydrogen-bond acceptors (Lipinski definition) is 5. The van der Waals surface area contributed by atoms with Crippen LogP contribution in [0.1, 0.15) is 136 Å². The summed E-state index contributed by atoms with van der Waals surface area (Å²) in [4.78, 5) is 25.4. The number of alkyl halides is 3. The number of esters is 2. The van der Waals surface area contributed by atoms with Crippen molar-refractivity contribution < 1.29 is 37.0 Å². The molecule has 0 bridgehead atoms. The van der Waals surface area contributed by atoms with E-state index in [2.05, 4.69) is 6.92 Å². The number of carbonyl (C=O) groups is 2. The zero-order valence-corrected chi connectivity index (χ0v) is 29.4. The van der Waals surface area contributed by atoms with Crippen molar-refractivity contribution in [3.05, 3.63) is 83.4 Å². The van der Waals surface area contributed by atoms with Gasteiger partial charge in [0.25, 0.3) is 0 Å².